The highest BCUT2D eigenvalue weighted by atomic mass is 16.5. The lowest BCUT2D eigenvalue weighted by molar-refractivity contribution is 0.183. The van der Waals surface area contributed by atoms with Gasteiger partial charge in [0.05, 0.1) is 0 Å². The van der Waals surface area contributed by atoms with Gasteiger partial charge in [-0.1, -0.05) is 39.3 Å². The maximum absolute atomic E-state index is 5.87. The minimum absolute atomic E-state index is 0.256. The lowest BCUT2D eigenvalue weighted by Crippen LogP contribution is -2.33. The van der Waals surface area contributed by atoms with Crippen LogP contribution in [0.15, 0.2) is 24.3 Å². The summed E-state index contributed by atoms with van der Waals surface area (Å²) in [7, 11) is 0. The van der Waals surface area contributed by atoms with Crippen molar-refractivity contribution in [1.29, 1.82) is 0 Å². The van der Waals surface area contributed by atoms with Crippen molar-refractivity contribution >= 4 is 0 Å². The molecule has 20 heavy (non-hydrogen) atoms. The van der Waals surface area contributed by atoms with Gasteiger partial charge in [0.2, 0.25) is 0 Å². The number of hydrogen-bond acceptors (Lipinski definition) is 2. The van der Waals surface area contributed by atoms with E-state index in [0.29, 0.717) is 0 Å². The average molecular weight is 275 g/mol. The second-order valence-corrected chi connectivity index (χ2v) is 6.51. The predicted octanol–water partition coefficient (Wildman–Crippen LogP) is 4.24. The summed E-state index contributed by atoms with van der Waals surface area (Å²) in [6, 6.07) is 8.64. The number of ether oxygens (including phenoxy) is 1. The molecule has 1 aromatic carbocycles. The van der Waals surface area contributed by atoms with Gasteiger partial charge in [0.25, 0.3) is 0 Å². The summed E-state index contributed by atoms with van der Waals surface area (Å²) >= 11 is 0. The van der Waals surface area contributed by atoms with Crippen LogP contribution in [0.25, 0.3) is 0 Å². The molecule has 0 aromatic heterocycles. The summed E-state index contributed by atoms with van der Waals surface area (Å²) < 4.78 is 5.87. The van der Waals surface area contributed by atoms with Gasteiger partial charge >= 0.3 is 0 Å². The van der Waals surface area contributed by atoms with Gasteiger partial charge in [0.15, 0.2) is 0 Å². The van der Waals surface area contributed by atoms with E-state index in [2.05, 4.69) is 49.9 Å². The van der Waals surface area contributed by atoms with Gasteiger partial charge in [0, 0.05) is 6.54 Å². The number of rotatable bonds is 6. The highest BCUT2D eigenvalue weighted by Crippen LogP contribution is 2.28. The van der Waals surface area contributed by atoms with Crippen molar-refractivity contribution in [1.82, 2.24) is 4.90 Å². The molecule has 1 saturated heterocycles. The normalized spacial score (nSPS) is 17.1. The van der Waals surface area contributed by atoms with Gasteiger partial charge in [-0.2, -0.15) is 0 Å². The Labute approximate surface area is 124 Å². The Kier molecular flexibility index (Phi) is 5.47. The van der Waals surface area contributed by atoms with E-state index in [9.17, 15) is 0 Å². The molecule has 0 radical (unpaired) electrons. The molecule has 2 nitrogen and oxygen atoms in total. The lowest BCUT2D eigenvalue weighted by Gasteiger charge is -2.26. The van der Waals surface area contributed by atoms with Crippen LogP contribution in [0.4, 0.5) is 0 Å². The Morgan fingerprint density at radius 1 is 1.05 bits per heavy atom. The summed E-state index contributed by atoms with van der Waals surface area (Å²) in [4.78, 5) is 2.51. The van der Waals surface area contributed by atoms with E-state index in [-0.39, 0.29) is 5.41 Å². The first kappa shape index (κ1) is 15.4. The SMILES string of the molecule is CCC(C)(C)c1ccc(OCCN2CCCCC2)cc1. The van der Waals surface area contributed by atoms with Crippen molar-refractivity contribution in [2.75, 3.05) is 26.2 Å². The molecule has 0 amide bonds. The van der Waals surface area contributed by atoms with Crippen LogP contribution >= 0.6 is 0 Å². The zero-order chi connectivity index (χ0) is 14.4. The van der Waals surface area contributed by atoms with Crippen molar-refractivity contribution in [3.05, 3.63) is 29.8 Å². The van der Waals surface area contributed by atoms with Crippen LogP contribution in [-0.4, -0.2) is 31.1 Å². The maximum atomic E-state index is 5.87. The van der Waals surface area contributed by atoms with Gasteiger partial charge in [-0.25, -0.2) is 0 Å². The van der Waals surface area contributed by atoms with Crippen LogP contribution in [0, 0.1) is 0 Å². The second kappa shape index (κ2) is 7.12. The molecule has 0 saturated carbocycles. The molecule has 0 atom stereocenters. The smallest absolute Gasteiger partial charge is 0.119 e. The molecule has 0 aliphatic carbocycles. The zero-order valence-electron chi connectivity index (χ0n) is 13.3. The van der Waals surface area contributed by atoms with Gasteiger partial charge < -0.3 is 4.74 Å². The molecule has 1 aromatic rings. The fourth-order valence-electron chi connectivity index (χ4n) is 2.68. The van der Waals surface area contributed by atoms with E-state index in [1.54, 1.807) is 0 Å². The van der Waals surface area contributed by atoms with E-state index in [0.717, 1.165) is 25.3 Å². The summed E-state index contributed by atoms with van der Waals surface area (Å²) in [5.41, 5.74) is 1.65. The summed E-state index contributed by atoms with van der Waals surface area (Å²) in [6.07, 6.45) is 5.25. The van der Waals surface area contributed by atoms with E-state index < -0.39 is 0 Å². The molecule has 1 aliphatic rings. The fraction of sp³-hybridized carbons (Fsp3) is 0.667. The molecule has 0 unspecified atom stereocenters. The molecule has 0 N–H and O–H groups in total. The van der Waals surface area contributed by atoms with E-state index >= 15 is 0 Å². The van der Waals surface area contributed by atoms with Crippen LogP contribution in [0.2, 0.25) is 0 Å². The zero-order valence-corrected chi connectivity index (χ0v) is 13.3. The minimum atomic E-state index is 0.256. The molecular weight excluding hydrogens is 246 g/mol. The molecule has 0 spiro atoms. The topological polar surface area (TPSA) is 12.5 Å². The van der Waals surface area contributed by atoms with Crippen molar-refractivity contribution in [3.63, 3.8) is 0 Å². The third-order valence-corrected chi connectivity index (χ3v) is 4.64. The molecule has 2 rings (SSSR count). The molecule has 112 valence electrons. The molecule has 1 aliphatic heterocycles. The first-order chi connectivity index (χ1) is 9.62. The number of piperidine rings is 1. The number of hydrogen-bond donors (Lipinski definition) is 0. The Morgan fingerprint density at radius 2 is 1.70 bits per heavy atom. The van der Waals surface area contributed by atoms with Crippen molar-refractivity contribution in [3.8, 4) is 5.75 Å². The van der Waals surface area contributed by atoms with Crippen LogP contribution in [0.5, 0.6) is 5.75 Å². The van der Waals surface area contributed by atoms with Gasteiger partial charge in [-0.15, -0.1) is 0 Å². The number of benzene rings is 1. The first-order valence-electron chi connectivity index (χ1n) is 8.07. The Hall–Kier alpha value is -1.02. The van der Waals surface area contributed by atoms with Gasteiger partial charge in [0.1, 0.15) is 12.4 Å². The summed E-state index contributed by atoms with van der Waals surface area (Å²) in [5.74, 6) is 0.998. The third-order valence-electron chi connectivity index (χ3n) is 4.64. The Morgan fingerprint density at radius 3 is 2.30 bits per heavy atom. The average Bonchev–Trinajstić information content (AvgIpc) is 2.49. The van der Waals surface area contributed by atoms with Gasteiger partial charge in [-0.05, 0) is 55.5 Å². The molecule has 1 heterocycles. The van der Waals surface area contributed by atoms with Crippen LogP contribution in [0.3, 0.4) is 0 Å². The molecular formula is C18H29NO. The van der Waals surface area contributed by atoms with Crippen molar-refractivity contribution in [2.45, 2.75) is 51.9 Å². The maximum Gasteiger partial charge on any atom is 0.119 e. The number of likely N-dealkylation sites (tertiary alicyclic amines) is 1. The van der Waals surface area contributed by atoms with Gasteiger partial charge in [-0.3, -0.25) is 4.90 Å². The highest BCUT2D eigenvalue weighted by molar-refractivity contribution is 5.31. The Bertz CT molecular complexity index is 390. The summed E-state index contributed by atoms with van der Waals surface area (Å²) in [5, 5.41) is 0. The first-order valence-corrected chi connectivity index (χ1v) is 8.07. The fourth-order valence-corrected chi connectivity index (χ4v) is 2.68. The van der Waals surface area contributed by atoms with Crippen LogP contribution in [-0.2, 0) is 5.41 Å². The van der Waals surface area contributed by atoms with E-state index in [1.165, 1.54) is 37.9 Å². The predicted molar refractivity (Wildman–Crippen MR) is 85.5 cm³/mol. The standard InChI is InChI=1S/C18H29NO/c1-4-18(2,3)16-8-10-17(11-9-16)20-15-14-19-12-6-5-7-13-19/h8-11H,4-7,12-15H2,1-3H3. The molecule has 1 fully saturated rings. The minimum Gasteiger partial charge on any atom is -0.492 e. The van der Waals surface area contributed by atoms with E-state index in [4.69, 9.17) is 4.74 Å². The quantitative estimate of drug-likeness (QED) is 0.770. The Balaban J connectivity index is 1.79. The highest BCUT2D eigenvalue weighted by Gasteiger charge is 2.17. The lowest BCUT2D eigenvalue weighted by atomic mass is 9.82. The van der Waals surface area contributed by atoms with Crippen molar-refractivity contribution in [2.24, 2.45) is 0 Å². The monoisotopic (exact) mass is 275 g/mol. The molecule has 0 bridgehead atoms. The van der Waals surface area contributed by atoms with Crippen LogP contribution in [0.1, 0.15) is 52.0 Å². The van der Waals surface area contributed by atoms with Crippen LogP contribution < -0.4 is 4.74 Å². The second-order valence-electron chi connectivity index (χ2n) is 6.51. The van der Waals surface area contributed by atoms with E-state index in [1.807, 2.05) is 0 Å². The molecule has 2 heteroatoms. The number of nitrogens with zero attached hydrogens (tertiary/aromatic N) is 1. The third kappa shape index (κ3) is 4.24. The summed E-state index contributed by atoms with van der Waals surface area (Å²) in [6.45, 7) is 11.2. The largest absolute Gasteiger partial charge is 0.492 e. The van der Waals surface area contributed by atoms with Crippen molar-refractivity contribution < 1.29 is 4.74 Å².